The fraction of sp³-hybridized carbons (Fsp3) is 0.727. The summed E-state index contributed by atoms with van der Waals surface area (Å²) < 4.78 is 0. The normalized spacial score (nSPS) is 21.9. The van der Waals surface area contributed by atoms with Crippen molar-refractivity contribution in [3.8, 4) is 0 Å². The summed E-state index contributed by atoms with van der Waals surface area (Å²) in [7, 11) is 0. The quantitative estimate of drug-likeness (QED) is 0.359. The third-order valence-electron chi connectivity index (χ3n) is 5.15. The smallest absolute Gasteiger partial charge is 0.158 e. The Kier molecular flexibility index (Phi) is 12.2. The van der Waals surface area contributed by atoms with Crippen LogP contribution in [0, 0.1) is 11.8 Å². The lowest BCUT2D eigenvalue weighted by atomic mass is 9.91. The van der Waals surface area contributed by atoms with Gasteiger partial charge < -0.3 is 10.2 Å². The number of carbonyl (C=O) groups excluding carboxylic acids is 2. The van der Waals surface area contributed by atoms with E-state index in [0.717, 1.165) is 38.5 Å². The van der Waals surface area contributed by atoms with Crippen LogP contribution in [-0.4, -0.2) is 34.5 Å². The molecule has 0 heterocycles. The Bertz CT molecular complexity index is 467. The molecule has 26 heavy (non-hydrogen) atoms. The molecule has 0 aromatic rings. The van der Waals surface area contributed by atoms with Gasteiger partial charge in [-0.15, -0.1) is 0 Å². The van der Waals surface area contributed by atoms with Gasteiger partial charge in [0, 0.05) is 18.8 Å². The van der Waals surface area contributed by atoms with Crippen molar-refractivity contribution in [3.05, 3.63) is 24.3 Å². The number of ketones is 2. The molecule has 3 atom stereocenters. The van der Waals surface area contributed by atoms with E-state index < -0.39 is 0 Å². The summed E-state index contributed by atoms with van der Waals surface area (Å²) in [5.74, 6) is 0.555. The molecule has 1 fully saturated rings. The monoisotopic (exact) mass is 364 g/mol. The van der Waals surface area contributed by atoms with Crippen LogP contribution in [0.25, 0.3) is 0 Å². The Hall–Kier alpha value is -1.26. The molecule has 0 amide bonds. The highest BCUT2D eigenvalue weighted by atomic mass is 16.3. The highest BCUT2D eigenvalue weighted by Gasteiger charge is 2.31. The highest BCUT2D eigenvalue weighted by molar-refractivity contribution is 5.83. The Morgan fingerprint density at radius 2 is 2.04 bits per heavy atom. The summed E-state index contributed by atoms with van der Waals surface area (Å²) in [5, 5.41) is 18.7. The number of hydrogen-bond acceptors (Lipinski definition) is 4. The van der Waals surface area contributed by atoms with Crippen molar-refractivity contribution in [1.82, 2.24) is 0 Å². The van der Waals surface area contributed by atoms with E-state index >= 15 is 0 Å². The second kappa shape index (κ2) is 13.9. The van der Waals surface area contributed by atoms with E-state index in [1.54, 1.807) is 0 Å². The van der Waals surface area contributed by atoms with E-state index in [9.17, 15) is 14.7 Å². The van der Waals surface area contributed by atoms with Gasteiger partial charge in [0.25, 0.3) is 0 Å². The number of carbonyl (C=O) groups is 2. The summed E-state index contributed by atoms with van der Waals surface area (Å²) in [6.45, 7) is 1.79. The van der Waals surface area contributed by atoms with E-state index in [0.29, 0.717) is 25.0 Å². The first-order valence-electron chi connectivity index (χ1n) is 10.2. The van der Waals surface area contributed by atoms with Crippen LogP contribution < -0.4 is 0 Å². The predicted octanol–water partition coefficient (Wildman–Crippen LogP) is 4.15. The van der Waals surface area contributed by atoms with E-state index in [1.807, 2.05) is 6.08 Å². The average Bonchev–Trinajstić information content (AvgIpc) is 2.98. The molecule has 1 rings (SSSR count). The minimum absolute atomic E-state index is 0.0545. The molecule has 4 nitrogen and oxygen atoms in total. The first kappa shape index (κ1) is 22.8. The summed E-state index contributed by atoms with van der Waals surface area (Å²) in [6, 6.07) is 0. The molecular weight excluding hydrogens is 328 g/mol. The molecule has 1 saturated carbocycles. The molecule has 0 aliphatic heterocycles. The SMILES string of the molecule is CCCCCC(O)CC=C[C@H]1CCC(=O)[C@@H]1CC=CCCCC(=O)CO. The Morgan fingerprint density at radius 3 is 2.77 bits per heavy atom. The summed E-state index contributed by atoms with van der Waals surface area (Å²) in [4.78, 5) is 23.1. The van der Waals surface area contributed by atoms with Gasteiger partial charge in [0.15, 0.2) is 5.78 Å². The molecule has 0 spiro atoms. The van der Waals surface area contributed by atoms with Crippen LogP contribution in [0.1, 0.15) is 77.6 Å². The Labute approximate surface area is 158 Å². The van der Waals surface area contributed by atoms with Gasteiger partial charge in [-0.3, -0.25) is 9.59 Å². The minimum Gasteiger partial charge on any atom is -0.393 e. The van der Waals surface area contributed by atoms with E-state index in [1.165, 1.54) is 12.8 Å². The molecule has 0 bridgehead atoms. The second-order valence-electron chi connectivity index (χ2n) is 7.38. The van der Waals surface area contributed by atoms with Crippen molar-refractivity contribution >= 4 is 11.6 Å². The number of aliphatic hydroxyl groups excluding tert-OH is 2. The van der Waals surface area contributed by atoms with Crippen LogP contribution >= 0.6 is 0 Å². The van der Waals surface area contributed by atoms with Crippen LogP contribution in [0.15, 0.2) is 24.3 Å². The number of Topliss-reactive ketones (excluding diaryl/α,β-unsaturated/α-hetero) is 2. The summed E-state index contributed by atoms with van der Waals surface area (Å²) in [6.07, 6.45) is 17.2. The number of rotatable bonds is 14. The molecule has 148 valence electrons. The zero-order valence-electron chi connectivity index (χ0n) is 16.2. The van der Waals surface area contributed by atoms with Crippen LogP contribution in [0.3, 0.4) is 0 Å². The van der Waals surface area contributed by atoms with Gasteiger partial charge in [-0.25, -0.2) is 0 Å². The molecule has 1 aliphatic carbocycles. The Morgan fingerprint density at radius 1 is 1.23 bits per heavy atom. The Balaban J connectivity index is 2.31. The maximum absolute atomic E-state index is 12.1. The van der Waals surface area contributed by atoms with Crippen molar-refractivity contribution in [2.45, 2.75) is 83.7 Å². The maximum atomic E-state index is 12.1. The topological polar surface area (TPSA) is 74.6 Å². The summed E-state index contributed by atoms with van der Waals surface area (Å²) >= 11 is 0. The van der Waals surface area contributed by atoms with Crippen LogP contribution in [0.5, 0.6) is 0 Å². The lowest BCUT2D eigenvalue weighted by Crippen LogP contribution is -2.12. The third kappa shape index (κ3) is 9.44. The first-order chi connectivity index (χ1) is 12.6. The fourth-order valence-corrected chi connectivity index (χ4v) is 3.49. The molecule has 1 unspecified atom stereocenters. The number of hydrogen-bond donors (Lipinski definition) is 2. The number of allylic oxidation sites excluding steroid dienone is 3. The van der Waals surface area contributed by atoms with Crippen LogP contribution in [0.4, 0.5) is 0 Å². The number of unbranched alkanes of at least 4 members (excludes halogenated alkanes) is 3. The van der Waals surface area contributed by atoms with Gasteiger partial charge in [-0.1, -0.05) is 50.5 Å². The zero-order valence-corrected chi connectivity index (χ0v) is 16.2. The van der Waals surface area contributed by atoms with E-state index in [4.69, 9.17) is 5.11 Å². The van der Waals surface area contributed by atoms with Crippen molar-refractivity contribution in [2.75, 3.05) is 6.61 Å². The largest absolute Gasteiger partial charge is 0.393 e. The van der Waals surface area contributed by atoms with E-state index in [2.05, 4.69) is 25.2 Å². The molecule has 4 heteroatoms. The van der Waals surface area contributed by atoms with Crippen molar-refractivity contribution < 1.29 is 19.8 Å². The lowest BCUT2D eigenvalue weighted by molar-refractivity contribution is -0.122. The average molecular weight is 365 g/mol. The zero-order chi connectivity index (χ0) is 19.2. The molecule has 2 N–H and O–H groups in total. The lowest BCUT2D eigenvalue weighted by Gasteiger charge is -2.13. The van der Waals surface area contributed by atoms with Crippen LogP contribution in [-0.2, 0) is 9.59 Å². The van der Waals surface area contributed by atoms with E-state index in [-0.39, 0.29) is 30.3 Å². The van der Waals surface area contributed by atoms with Gasteiger partial charge in [-0.2, -0.15) is 0 Å². The molecule has 0 aromatic heterocycles. The van der Waals surface area contributed by atoms with Crippen molar-refractivity contribution in [3.63, 3.8) is 0 Å². The highest BCUT2D eigenvalue weighted by Crippen LogP contribution is 2.33. The van der Waals surface area contributed by atoms with Gasteiger partial charge >= 0.3 is 0 Å². The minimum atomic E-state index is -0.373. The van der Waals surface area contributed by atoms with Crippen LogP contribution in [0.2, 0.25) is 0 Å². The standard InChI is InChI=1S/C22H36O4/c1-2-3-6-11-19(24)13-9-10-18-15-16-22(26)21(18)14-8-5-4-7-12-20(25)17-23/h5,8-10,18-19,21,23-24H,2-4,6-7,11-17H2,1H3/t18-,19?,21+/m0/s1. The van der Waals surface area contributed by atoms with Gasteiger partial charge in [0.05, 0.1) is 6.10 Å². The molecule has 0 saturated heterocycles. The second-order valence-corrected chi connectivity index (χ2v) is 7.38. The third-order valence-corrected chi connectivity index (χ3v) is 5.15. The van der Waals surface area contributed by atoms with Crippen molar-refractivity contribution in [2.24, 2.45) is 11.8 Å². The van der Waals surface area contributed by atoms with Gasteiger partial charge in [-0.05, 0) is 44.4 Å². The van der Waals surface area contributed by atoms with Gasteiger partial charge in [0.2, 0.25) is 0 Å². The maximum Gasteiger partial charge on any atom is 0.158 e. The first-order valence-corrected chi connectivity index (χ1v) is 10.2. The predicted molar refractivity (Wildman–Crippen MR) is 105 cm³/mol. The number of aliphatic hydroxyl groups is 2. The van der Waals surface area contributed by atoms with Gasteiger partial charge in [0.1, 0.15) is 12.4 Å². The fourth-order valence-electron chi connectivity index (χ4n) is 3.49. The van der Waals surface area contributed by atoms with Crippen molar-refractivity contribution in [1.29, 1.82) is 0 Å². The molecule has 1 aliphatic rings. The molecular formula is C22H36O4. The molecule has 0 radical (unpaired) electrons. The molecule has 0 aromatic carbocycles. The summed E-state index contributed by atoms with van der Waals surface area (Å²) in [5.41, 5.74) is 0.